The molecule has 0 amide bonds. The molecular formula is C88H62N2O2. The minimum absolute atomic E-state index is 0.394. The van der Waals surface area contributed by atoms with Crippen LogP contribution in [0.5, 0.6) is 0 Å². The summed E-state index contributed by atoms with van der Waals surface area (Å²) in [4.78, 5) is 4.87. The van der Waals surface area contributed by atoms with E-state index < -0.39 is 10.8 Å². The number of hydrogen-bond donors (Lipinski definition) is 0. The fraction of sp³-hybridized carbons (Fsp3) is 0.0682. The van der Waals surface area contributed by atoms with Gasteiger partial charge in [0.2, 0.25) is 0 Å². The highest BCUT2D eigenvalue weighted by Gasteiger charge is 2.45. The summed E-state index contributed by atoms with van der Waals surface area (Å²) in [6.45, 7) is 9.82. The molecule has 4 heteroatoms. The van der Waals surface area contributed by atoms with Gasteiger partial charge in [-0.1, -0.05) is 276 Å². The van der Waals surface area contributed by atoms with Crippen LogP contribution in [0.2, 0.25) is 0 Å². The molecular weight excluding hydrogens is 1120 g/mol. The van der Waals surface area contributed by atoms with Crippen LogP contribution < -0.4 is 9.80 Å². The van der Waals surface area contributed by atoms with Gasteiger partial charge in [-0.3, -0.25) is 0 Å². The van der Waals surface area contributed by atoms with Gasteiger partial charge in [-0.05, 0) is 138 Å². The largest absolute Gasteiger partial charge is 0.453 e. The highest BCUT2D eigenvalue weighted by atomic mass is 16.3. The van der Waals surface area contributed by atoms with Crippen molar-refractivity contribution in [1.29, 1.82) is 0 Å². The summed E-state index contributed by atoms with van der Waals surface area (Å²) in [6, 6.07) is 111. The van der Waals surface area contributed by atoms with Gasteiger partial charge in [0.15, 0.2) is 11.2 Å². The highest BCUT2D eigenvalue weighted by molar-refractivity contribution is 6.17. The minimum Gasteiger partial charge on any atom is -0.453 e. The fourth-order valence-corrected chi connectivity index (χ4v) is 15.8. The van der Waals surface area contributed by atoms with Crippen molar-refractivity contribution in [2.45, 2.75) is 38.5 Å². The van der Waals surface area contributed by atoms with Crippen LogP contribution in [0.1, 0.15) is 49.9 Å². The number of nitrogens with zero attached hydrogens (tertiary/aromatic N) is 2. The van der Waals surface area contributed by atoms with Crippen molar-refractivity contribution < 1.29 is 8.83 Å². The first-order chi connectivity index (χ1) is 45.2. The van der Waals surface area contributed by atoms with E-state index in [1.54, 1.807) is 0 Å². The molecule has 2 aliphatic rings. The molecule has 0 saturated heterocycles. The van der Waals surface area contributed by atoms with Crippen molar-refractivity contribution in [2.24, 2.45) is 0 Å². The number of fused-ring (bicyclic) bond motifs is 12. The topological polar surface area (TPSA) is 32.8 Å². The van der Waals surface area contributed by atoms with Gasteiger partial charge >= 0.3 is 0 Å². The van der Waals surface area contributed by atoms with Crippen LogP contribution in [-0.2, 0) is 10.8 Å². The van der Waals surface area contributed by atoms with E-state index >= 15 is 0 Å². The van der Waals surface area contributed by atoms with Gasteiger partial charge in [-0.15, -0.1) is 0 Å². The summed E-state index contributed by atoms with van der Waals surface area (Å²) in [7, 11) is 0. The quantitative estimate of drug-likeness (QED) is 0.137. The van der Waals surface area contributed by atoms with Gasteiger partial charge in [0.05, 0.1) is 17.1 Å². The van der Waals surface area contributed by atoms with Crippen molar-refractivity contribution >= 4 is 88.8 Å². The van der Waals surface area contributed by atoms with Gasteiger partial charge in [0, 0.05) is 66.0 Å². The first-order valence-electron chi connectivity index (χ1n) is 32.0. The third kappa shape index (κ3) is 8.09. The number of hydrogen-bond acceptors (Lipinski definition) is 4. The lowest BCUT2D eigenvalue weighted by Gasteiger charge is -2.40. The molecule has 2 aliphatic carbocycles. The predicted molar refractivity (Wildman–Crippen MR) is 385 cm³/mol. The molecule has 436 valence electrons. The van der Waals surface area contributed by atoms with E-state index in [-0.39, 0.29) is 0 Å². The Morgan fingerprint density at radius 2 is 0.630 bits per heavy atom. The van der Waals surface area contributed by atoms with Crippen LogP contribution in [0.3, 0.4) is 0 Å². The SMILES string of the molecule is CC1(C)c2cc(N(c3cccc(-c4ccccc4)c3)c3cccc4c3oc3c(-c5ccccc5)cccc34)ccc2-c2ccc3c(c21)C(C)(C)c1cccc2c(N(c4cccc(-c5ccccc5)c4)c4cccc5c4oc4c(-c6ccccc6)cccc45)ccc-3c12. The molecule has 0 aliphatic heterocycles. The van der Waals surface area contributed by atoms with Gasteiger partial charge in [0.25, 0.3) is 0 Å². The molecule has 0 atom stereocenters. The molecule has 92 heavy (non-hydrogen) atoms. The van der Waals surface area contributed by atoms with E-state index in [0.717, 1.165) is 117 Å². The molecule has 0 bridgehead atoms. The lowest BCUT2D eigenvalue weighted by atomic mass is 9.63. The highest BCUT2D eigenvalue weighted by Crippen LogP contribution is 2.61. The van der Waals surface area contributed by atoms with Gasteiger partial charge in [0.1, 0.15) is 11.2 Å². The summed E-state index contributed by atoms with van der Waals surface area (Å²) in [5.74, 6) is 0. The molecule has 18 rings (SSSR count). The minimum atomic E-state index is -0.405. The normalized spacial score (nSPS) is 13.4. The van der Waals surface area contributed by atoms with Crippen molar-refractivity contribution in [3.05, 3.63) is 326 Å². The third-order valence-electron chi connectivity index (χ3n) is 20.0. The van der Waals surface area contributed by atoms with E-state index in [0.29, 0.717) is 0 Å². The average Bonchev–Trinajstić information content (AvgIpc) is 1.35. The molecule has 2 heterocycles. The van der Waals surface area contributed by atoms with Crippen molar-refractivity contribution in [3.63, 3.8) is 0 Å². The van der Waals surface area contributed by atoms with E-state index in [2.05, 4.69) is 341 Å². The second kappa shape index (κ2) is 20.5. The molecule has 0 unspecified atom stereocenters. The van der Waals surface area contributed by atoms with Crippen LogP contribution in [-0.4, -0.2) is 0 Å². The molecule has 2 aromatic heterocycles. The summed E-state index contributed by atoms with van der Waals surface area (Å²) in [6.07, 6.45) is 0. The maximum Gasteiger partial charge on any atom is 0.159 e. The van der Waals surface area contributed by atoms with Crippen molar-refractivity contribution in [2.75, 3.05) is 9.80 Å². The summed E-state index contributed by atoms with van der Waals surface area (Å²) in [5, 5.41) is 6.80. The van der Waals surface area contributed by atoms with Gasteiger partial charge < -0.3 is 18.6 Å². The van der Waals surface area contributed by atoms with Gasteiger partial charge in [-0.2, -0.15) is 0 Å². The van der Waals surface area contributed by atoms with E-state index in [4.69, 9.17) is 8.83 Å². The number of para-hydroxylation sites is 4. The zero-order valence-electron chi connectivity index (χ0n) is 51.6. The molecule has 0 fully saturated rings. The number of benzene rings is 14. The zero-order valence-corrected chi connectivity index (χ0v) is 51.6. The average molecular weight is 1180 g/mol. The fourth-order valence-electron chi connectivity index (χ4n) is 15.8. The molecule has 0 spiro atoms. The number of rotatable bonds is 10. The first-order valence-corrected chi connectivity index (χ1v) is 32.0. The molecule has 16 aromatic rings. The Bertz CT molecular complexity index is 5640. The standard InChI is InChI=1S/C88H62N2O2/c1-87(2)75-43-21-42-74-77(90(62-35-18-33-60(53-62)56-26-11-6-12-27-56)79-45-23-41-73-71-39-20-37-65(84(71)92-86(73)79)58-30-15-8-16-31-58)51-50-67(80(74)75)69-49-48-68-66-47-46-63(54-76(66)88(3,4)81(68)82(69)87)89(61-34-17-32-59(52-61)55-24-9-5-10-25-55)78-44-22-40-72-70-38-19-36-64(83(70)91-85(72)78)57-28-13-7-14-29-57/h5-54H,1-4H3. The monoisotopic (exact) mass is 1180 g/mol. The molecule has 0 saturated carbocycles. The Balaban J connectivity index is 0.802. The van der Waals surface area contributed by atoms with E-state index in [9.17, 15) is 0 Å². The Morgan fingerprint density at radius 1 is 0.239 bits per heavy atom. The van der Waals surface area contributed by atoms with Gasteiger partial charge in [-0.25, -0.2) is 0 Å². The lowest BCUT2D eigenvalue weighted by Crippen LogP contribution is -2.29. The molecule has 14 aromatic carbocycles. The van der Waals surface area contributed by atoms with Crippen LogP contribution >= 0.6 is 0 Å². The van der Waals surface area contributed by atoms with Crippen LogP contribution in [0.25, 0.3) is 121 Å². The predicted octanol–water partition coefficient (Wildman–Crippen LogP) is 24.9. The van der Waals surface area contributed by atoms with Crippen molar-refractivity contribution in [1.82, 2.24) is 0 Å². The third-order valence-corrected chi connectivity index (χ3v) is 20.0. The van der Waals surface area contributed by atoms with E-state index in [1.165, 1.54) is 60.8 Å². The first kappa shape index (κ1) is 53.6. The van der Waals surface area contributed by atoms with E-state index in [1.807, 2.05) is 0 Å². The maximum absolute atomic E-state index is 7.25. The second-order valence-electron chi connectivity index (χ2n) is 25.9. The second-order valence-corrected chi connectivity index (χ2v) is 25.9. The Hall–Kier alpha value is -11.5. The Kier molecular flexibility index (Phi) is 12.0. The Morgan fingerprint density at radius 3 is 1.17 bits per heavy atom. The lowest BCUT2D eigenvalue weighted by molar-refractivity contribution is 0.591. The summed E-state index contributed by atoms with van der Waals surface area (Å²) >= 11 is 0. The summed E-state index contributed by atoms with van der Waals surface area (Å²) < 4.78 is 14.5. The van der Waals surface area contributed by atoms with Crippen LogP contribution in [0.4, 0.5) is 34.1 Å². The number of anilines is 6. The molecule has 0 radical (unpaired) electrons. The van der Waals surface area contributed by atoms with Crippen LogP contribution in [0.15, 0.2) is 312 Å². The molecule has 4 nitrogen and oxygen atoms in total. The smallest absolute Gasteiger partial charge is 0.159 e. The summed E-state index contributed by atoms with van der Waals surface area (Å²) in [5.41, 5.74) is 28.3. The van der Waals surface area contributed by atoms with Crippen molar-refractivity contribution in [3.8, 4) is 66.8 Å². The molecule has 0 N–H and O–H groups in total. The Labute approximate surface area is 535 Å². The number of furan rings is 2. The zero-order chi connectivity index (χ0) is 61.4. The maximum atomic E-state index is 7.25. The van der Waals surface area contributed by atoms with Crippen LogP contribution in [0, 0.1) is 0 Å².